The van der Waals surface area contributed by atoms with Crippen LogP contribution in [0.25, 0.3) is 0 Å². The molecular formula is C31H37BrCl2N4O3. The van der Waals surface area contributed by atoms with E-state index in [1.165, 1.54) is 0 Å². The molecule has 0 spiro atoms. The summed E-state index contributed by atoms with van der Waals surface area (Å²) in [6.45, 7) is 9.71. The molecule has 2 aromatic rings. The second-order valence-electron chi connectivity index (χ2n) is 11.7. The summed E-state index contributed by atoms with van der Waals surface area (Å²) in [4.78, 5) is 46.8. The van der Waals surface area contributed by atoms with Crippen molar-refractivity contribution in [2.45, 2.75) is 33.1 Å². The normalized spacial score (nSPS) is 21.3. The summed E-state index contributed by atoms with van der Waals surface area (Å²) in [5.41, 5.74) is 2.37. The van der Waals surface area contributed by atoms with Crippen LogP contribution in [0.5, 0.6) is 0 Å². The number of hydrogen-bond acceptors (Lipinski definition) is 4. The maximum Gasteiger partial charge on any atom is 0.255 e. The molecule has 2 aromatic carbocycles. The van der Waals surface area contributed by atoms with Crippen molar-refractivity contribution in [3.05, 3.63) is 62.0 Å². The van der Waals surface area contributed by atoms with Gasteiger partial charge in [-0.25, -0.2) is 0 Å². The van der Waals surface area contributed by atoms with Crippen LogP contribution < -0.4 is 4.90 Å². The van der Waals surface area contributed by atoms with Gasteiger partial charge >= 0.3 is 0 Å². The van der Waals surface area contributed by atoms with Crippen LogP contribution in [0.2, 0.25) is 10.0 Å². The Labute approximate surface area is 260 Å². The number of amides is 3. The van der Waals surface area contributed by atoms with Crippen molar-refractivity contribution in [3.63, 3.8) is 0 Å². The van der Waals surface area contributed by atoms with Crippen molar-refractivity contribution in [3.8, 4) is 0 Å². The van der Waals surface area contributed by atoms with Crippen LogP contribution in [0, 0.1) is 24.7 Å². The molecule has 2 atom stereocenters. The first-order chi connectivity index (χ1) is 19.6. The summed E-state index contributed by atoms with van der Waals surface area (Å²) in [5.74, 6) is 0.995. The number of likely N-dealkylation sites (tertiary alicyclic amines) is 3. The molecule has 0 aliphatic carbocycles. The smallest absolute Gasteiger partial charge is 0.255 e. The number of carbonyl (C=O) groups is 3. The highest BCUT2D eigenvalue weighted by molar-refractivity contribution is 9.10. The molecule has 10 heteroatoms. The molecule has 0 bridgehead atoms. The zero-order valence-corrected chi connectivity index (χ0v) is 26.7. The summed E-state index contributed by atoms with van der Waals surface area (Å²) in [6.07, 6.45) is 2.22. The topological polar surface area (TPSA) is 64.2 Å². The molecule has 41 heavy (non-hydrogen) atoms. The number of hydrogen-bond donors (Lipinski definition) is 0. The van der Waals surface area contributed by atoms with E-state index in [0.717, 1.165) is 54.9 Å². The number of halogens is 3. The second-order valence-corrected chi connectivity index (χ2v) is 13.4. The zero-order chi connectivity index (χ0) is 29.3. The van der Waals surface area contributed by atoms with Gasteiger partial charge in [0, 0.05) is 73.8 Å². The van der Waals surface area contributed by atoms with Gasteiger partial charge in [0.15, 0.2) is 0 Å². The standard InChI is InChI=1S/C31H37BrCl2N4O3/c1-20-4-6-26(15-28(20)33)38(30(40)22-8-12-36(13-9-22)21(2)39)11-3-10-35-16-23-18-37(19-24(23)17-35)31(41)27-7-5-25(32)14-29(27)34/h4-7,14-15,22-24H,3,8-13,16-19H2,1-2H3. The highest BCUT2D eigenvalue weighted by atomic mass is 79.9. The molecule has 3 aliphatic rings. The maximum absolute atomic E-state index is 13.7. The average molecular weight is 664 g/mol. The highest BCUT2D eigenvalue weighted by Gasteiger charge is 2.42. The summed E-state index contributed by atoms with van der Waals surface area (Å²) < 4.78 is 0.858. The maximum atomic E-state index is 13.7. The molecule has 0 radical (unpaired) electrons. The van der Waals surface area contributed by atoms with Gasteiger partial charge in [0.25, 0.3) is 5.91 Å². The lowest BCUT2D eigenvalue weighted by Crippen LogP contribution is -2.44. The predicted octanol–water partition coefficient (Wildman–Crippen LogP) is 5.75. The predicted molar refractivity (Wildman–Crippen MR) is 167 cm³/mol. The minimum Gasteiger partial charge on any atom is -0.343 e. The van der Waals surface area contributed by atoms with Gasteiger partial charge in [0.2, 0.25) is 11.8 Å². The molecular weight excluding hydrogens is 627 g/mol. The fourth-order valence-corrected chi connectivity index (χ4v) is 7.43. The van der Waals surface area contributed by atoms with Crippen molar-refractivity contribution in [1.29, 1.82) is 0 Å². The molecule has 0 N–H and O–H groups in total. The fraction of sp³-hybridized carbons (Fsp3) is 0.516. The SMILES string of the molecule is CC(=O)N1CCC(C(=O)N(CCCN2CC3CN(C(=O)c4ccc(Br)cc4Cl)CC3C2)c2ccc(C)c(Cl)c2)CC1. The van der Waals surface area contributed by atoms with E-state index >= 15 is 0 Å². The number of anilines is 1. The molecule has 3 saturated heterocycles. The fourth-order valence-electron chi connectivity index (χ4n) is 6.50. The van der Waals surface area contributed by atoms with Gasteiger partial charge in [-0.3, -0.25) is 14.4 Å². The molecule has 7 nitrogen and oxygen atoms in total. The Kier molecular flexibility index (Phi) is 9.64. The van der Waals surface area contributed by atoms with Crippen LogP contribution in [0.15, 0.2) is 40.9 Å². The van der Waals surface area contributed by atoms with Crippen molar-refractivity contribution in [1.82, 2.24) is 14.7 Å². The molecule has 3 aliphatic heterocycles. The second kappa shape index (κ2) is 13.0. The third-order valence-electron chi connectivity index (χ3n) is 8.89. The number of aryl methyl sites for hydroxylation is 1. The highest BCUT2D eigenvalue weighted by Crippen LogP contribution is 2.34. The Balaban J connectivity index is 1.16. The van der Waals surface area contributed by atoms with Crippen molar-refractivity contribution in [2.75, 3.05) is 57.3 Å². The lowest BCUT2D eigenvalue weighted by atomic mass is 9.94. The first kappa shape index (κ1) is 30.3. The van der Waals surface area contributed by atoms with Crippen molar-refractivity contribution in [2.24, 2.45) is 17.8 Å². The molecule has 3 heterocycles. The number of benzene rings is 2. The zero-order valence-electron chi connectivity index (χ0n) is 23.6. The molecule has 3 fully saturated rings. The van der Waals surface area contributed by atoms with E-state index in [1.807, 2.05) is 45.9 Å². The van der Waals surface area contributed by atoms with Crippen LogP contribution in [0.1, 0.15) is 42.1 Å². The molecule has 0 saturated carbocycles. The molecule has 220 valence electrons. The summed E-state index contributed by atoms with van der Waals surface area (Å²) in [7, 11) is 0. The number of fused-ring (bicyclic) bond motifs is 1. The molecule has 2 unspecified atom stereocenters. The van der Waals surface area contributed by atoms with Gasteiger partial charge in [-0.15, -0.1) is 0 Å². The van der Waals surface area contributed by atoms with E-state index in [4.69, 9.17) is 23.2 Å². The Hall–Kier alpha value is -2.13. The van der Waals surface area contributed by atoms with Crippen LogP contribution in [0.3, 0.4) is 0 Å². The Morgan fingerprint density at radius 1 is 0.927 bits per heavy atom. The first-order valence-corrected chi connectivity index (χ1v) is 16.0. The lowest BCUT2D eigenvalue weighted by molar-refractivity contribution is -0.133. The van der Waals surface area contributed by atoms with E-state index in [1.54, 1.807) is 19.1 Å². The molecule has 5 rings (SSSR count). The summed E-state index contributed by atoms with van der Waals surface area (Å²) in [6, 6.07) is 11.2. The largest absolute Gasteiger partial charge is 0.343 e. The summed E-state index contributed by atoms with van der Waals surface area (Å²) in [5, 5.41) is 1.13. The number of piperidine rings is 1. The quantitative estimate of drug-likeness (QED) is 0.379. The van der Waals surface area contributed by atoms with Crippen LogP contribution in [-0.4, -0.2) is 84.8 Å². The van der Waals surface area contributed by atoms with Gasteiger partial charge in [-0.1, -0.05) is 45.2 Å². The van der Waals surface area contributed by atoms with E-state index in [2.05, 4.69) is 20.8 Å². The third kappa shape index (κ3) is 6.93. The Morgan fingerprint density at radius 2 is 1.61 bits per heavy atom. The monoisotopic (exact) mass is 662 g/mol. The van der Waals surface area contributed by atoms with Gasteiger partial charge in [0.05, 0.1) is 10.6 Å². The minimum atomic E-state index is -0.0976. The van der Waals surface area contributed by atoms with Crippen LogP contribution in [0.4, 0.5) is 5.69 Å². The number of rotatable bonds is 7. The third-order valence-corrected chi connectivity index (χ3v) is 10.1. The molecule has 0 aromatic heterocycles. The Bertz CT molecular complexity index is 1300. The Morgan fingerprint density at radius 3 is 2.22 bits per heavy atom. The van der Waals surface area contributed by atoms with Crippen molar-refractivity contribution < 1.29 is 14.4 Å². The summed E-state index contributed by atoms with van der Waals surface area (Å²) >= 11 is 16.2. The van der Waals surface area contributed by atoms with Crippen LogP contribution in [-0.2, 0) is 9.59 Å². The van der Waals surface area contributed by atoms with Crippen LogP contribution >= 0.6 is 39.1 Å². The average Bonchev–Trinajstić information content (AvgIpc) is 3.51. The first-order valence-electron chi connectivity index (χ1n) is 14.4. The van der Waals surface area contributed by atoms with Gasteiger partial charge in [-0.2, -0.15) is 0 Å². The number of nitrogens with zero attached hydrogens (tertiary/aromatic N) is 4. The van der Waals surface area contributed by atoms with E-state index in [0.29, 0.717) is 59.9 Å². The van der Waals surface area contributed by atoms with Gasteiger partial charge in [-0.05, 0) is 80.5 Å². The lowest BCUT2D eigenvalue weighted by Gasteiger charge is -2.34. The molecule has 3 amide bonds. The minimum absolute atomic E-state index is 0.00324. The van der Waals surface area contributed by atoms with Gasteiger partial charge < -0.3 is 19.6 Å². The van der Waals surface area contributed by atoms with Gasteiger partial charge in [0.1, 0.15) is 0 Å². The number of carbonyl (C=O) groups excluding carboxylic acids is 3. The van der Waals surface area contributed by atoms with Crippen molar-refractivity contribution >= 4 is 62.5 Å². The van der Waals surface area contributed by atoms with E-state index < -0.39 is 0 Å². The van der Waals surface area contributed by atoms with E-state index in [-0.39, 0.29) is 23.6 Å². The van der Waals surface area contributed by atoms with E-state index in [9.17, 15) is 14.4 Å².